The Kier molecular flexibility index (Phi) is 3.60. The second kappa shape index (κ2) is 5.34. The Hall–Kier alpha value is -2.97. The molecule has 0 fully saturated rings. The summed E-state index contributed by atoms with van der Waals surface area (Å²) in [6.45, 7) is -0.00772. The molecule has 1 aromatic carbocycles. The number of hydrogen-bond acceptors (Lipinski definition) is 5. The van der Waals surface area contributed by atoms with Crippen molar-refractivity contribution in [1.29, 1.82) is 0 Å². The predicted octanol–water partition coefficient (Wildman–Crippen LogP) is 1.07. The molecule has 0 unspecified atom stereocenters. The zero-order valence-corrected chi connectivity index (χ0v) is 10.1. The molecule has 1 aromatic heterocycles. The van der Waals surface area contributed by atoms with Crippen LogP contribution in [-0.2, 0) is 6.54 Å². The number of oxime groups is 1. The number of nitro groups is 1. The summed E-state index contributed by atoms with van der Waals surface area (Å²) in [6.07, 6.45) is 2.26. The number of benzene rings is 1. The van der Waals surface area contributed by atoms with Crippen LogP contribution in [0.3, 0.4) is 0 Å². The Morgan fingerprint density at radius 3 is 2.95 bits per heavy atom. The third kappa shape index (κ3) is 2.55. The van der Waals surface area contributed by atoms with E-state index in [9.17, 15) is 14.5 Å². The minimum atomic E-state index is -0.666. The van der Waals surface area contributed by atoms with Gasteiger partial charge in [-0.05, 0) is 6.07 Å². The smallest absolute Gasteiger partial charge is 0.307 e. The molecule has 0 spiro atoms. The normalized spacial score (nSPS) is 11.6. The average Bonchev–Trinajstić information content (AvgIpc) is 2.89. The van der Waals surface area contributed by atoms with Gasteiger partial charge in [0.05, 0.1) is 17.0 Å². The van der Waals surface area contributed by atoms with E-state index in [-0.39, 0.29) is 29.2 Å². The van der Waals surface area contributed by atoms with Crippen molar-refractivity contribution in [3.8, 4) is 0 Å². The molecule has 0 aliphatic carbocycles. The third-order valence-corrected chi connectivity index (χ3v) is 2.63. The van der Waals surface area contributed by atoms with Gasteiger partial charge in [-0.3, -0.25) is 14.8 Å². The van der Waals surface area contributed by atoms with Crippen LogP contribution in [0, 0.1) is 15.9 Å². The summed E-state index contributed by atoms with van der Waals surface area (Å²) in [6, 6.07) is 4.38. The first-order valence-electron chi connectivity index (χ1n) is 5.45. The molecule has 0 radical (unpaired) electrons. The molecule has 0 saturated heterocycles. The number of nitrogens with two attached hydrogens (primary N) is 1. The minimum Gasteiger partial charge on any atom is -0.409 e. The molecule has 0 atom stereocenters. The van der Waals surface area contributed by atoms with Crippen molar-refractivity contribution in [3.05, 3.63) is 57.7 Å². The lowest BCUT2D eigenvalue weighted by Crippen LogP contribution is -2.16. The number of hydrogen-bond donors (Lipinski definition) is 2. The van der Waals surface area contributed by atoms with Crippen LogP contribution in [0.5, 0.6) is 0 Å². The van der Waals surface area contributed by atoms with Crippen LogP contribution in [0.15, 0.2) is 35.7 Å². The molecule has 0 saturated carbocycles. The van der Waals surface area contributed by atoms with Gasteiger partial charge in [0.15, 0.2) is 5.84 Å². The Morgan fingerprint density at radius 1 is 1.60 bits per heavy atom. The average molecular weight is 279 g/mol. The molecule has 0 bridgehead atoms. The summed E-state index contributed by atoms with van der Waals surface area (Å²) >= 11 is 0. The molecule has 2 aromatic rings. The Morgan fingerprint density at radius 2 is 2.35 bits per heavy atom. The maximum atomic E-state index is 14.1. The summed E-state index contributed by atoms with van der Waals surface area (Å²) in [4.78, 5) is 9.94. The van der Waals surface area contributed by atoms with Crippen LogP contribution >= 0.6 is 0 Å². The molecule has 0 aliphatic heterocycles. The Labute approximate surface area is 112 Å². The standard InChI is InChI=1S/C11H10FN5O3/c12-10-7(2-1-3-9(10)11(13)15-18)5-16-6-8(4-14-16)17(19)20/h1-4,6,18H,5H2,(H2,13,15). The number of aromatic nitrogens is 2. The van der Waals surface area contributed by atoms with Crippen molar-refractivity contribution in [3.63, 3.8) is 0 Å². The van der Waals surface area contributed by atoms with E-state index in [2.05, 4.69) is 10.3 Å². The first-order valence-corrected chi connectivity index (χ1v) is 5.45. The van der Waals surface area contributed by atoms with E-state index in [1.807, 2.05) is 0 Å². The molecule has 9 heteroatoms. The molecule has 20 heavy (non-hydrogen) atoms. The molecule has 0 amide bonds. The maximum Gasteiger partial charge on any atom is 0.307 e. The topological polar surface area (TPSA) is 120 Å². The van der Waals surface area contributed by atoms with E-state index in [1.165, 1.54) is 29.1 Å². The van der Waals surface area contributed by atoms with Crippen LogP contribution in [0.4, 0.5) is 10.1 Å². The molecule has 1 heterocycles. The van der Waals surface area contributed by atoms with Gasteiger partial charge < -0.3 is 10.9 Å². The van der Waals surface area contributed by atoms with Gasteiger partial charge >= 0.3 is 5.69 Å². The van der Waals surface area contributed by atoms with Gasteiger partial charge in [0.2, 0.25) is 0 Å². The van der Waals surface area contributed by atoms with Gasteiger partial charge in [0, 0.05) is 5.56 Å². The van der Waals surface area contributed by atoms with Gasteiger partial charge in [-0.15, -0.1) is 0 Å². The second-order valence-corrected chi connectivity index (χ2v) is 3.92. The third-order valence-electron chi connectivity index (χ3n) is 2.63. The first kappa shape index (κ1) is 13.5. The summed E-state index contributed by atoms with van der Waals surface area (Å²) in [5, 5.41) is 25.6. The monoisotopic (exact) mass is 279 g/mol. The highest BCUT2D eigenvalue weighted by Crippen LogP contribution is 2.15. The maximum absolute atomic E-state index is 14.1. The van der Waals surface area contributed by atoms with Crippen molar-refractivity contribution in [2.24, 2.45) is 10.9 Å². The van der Waals surface area contributed by atoms with Gasteiger partial charge in [-0.2, -0.15) is 5.10 Å². The SMILES string of the molecule is N/C(=N/O)c1cccc(Cn2cc([N+](=O)[O-])cn2)c1F. The van der Waals surface area contributed by atoms with Crippen LogP contribution in [0.2, 0.25) is 0 Å². The highest BCUT2D eigenvalue weighted by molar-refractivity contribution is 5.97. The van der Waals surface area contributed by atoms with E-state index in [4.69, 9.17) is 10.9 Å². The number of amidine groups is 1. The summed E-state index contributed by atoms with van der Waals surface area (Å²) in [5.74, 6) is -1.02. The molecular formula is C11H10FN5O3. The summed E-state index contributed by atoms with van der Waals surface area (Å²) in [7, 11) is 0. The van der Waals surface area contributed by atoms with Gasteiger partial charge in [-0.1, -0.05) is 17.3 Å². The van der Waals surface area contributed by atoms with Crippen LogP contribution in [-0.4, -0.2) is 25.7 Å². The van der Waals surface area contributed by atoms with Crippen LogP contribution < -0.4 is 5.73 Å². The largest absolute Gasteiger partial charge is 0.409 e. The minimum absolute atomic E-state index is 0.00772. The fraction of sp³-hybridized carbons (Fsp3) is 0.0909. The van der Waals surface area contributed by atoms with Crippen molar-refractivity contribution in [2.75, 3.05) is 0 Å². The zero-order valence-electron chi connectivity index (χ0n) is 10.1. The van der Waals surface area contributed by atoms with Crippen molar-refractivity contribution >= 4 is 11.5 Å². The molecular weight excluding hydrogens is 269 g/mol. The van der Waals surface area contributed by atoms with E-state index >= 15 is 0 Å². The Bertz CT molecular complexity index is 682. The van der Waals surface area contributed by atoms with Crippen molar-refractivity contribution < 1.29 is 14.5 Å². The highest BCUT2D eigenvalue weighted by Gasteiger charge is 2.14. The zero-order chi connectivity index (χ0) is 14.7. The number of rotatable bonds is 4. The van der Waals surface area contributed by atoms with Crippen LogP contribution in [0.1, 0.15) is 11.1 Å². The molecule has 0 aliphatic rings. The van der Waals surface area contributed by atoms with Crippen LogP contribution in [0.25, 0.3) is 0 Å². The van der Waals surface area contributed by atoms with E-state index < -0.39 is 10.7 Å². The fourth-order valence-electron chi connectivity index (χ4n) is 1.66. The van der Waals surface area contributed by atoms with Gasteiger partial charge in [-0.25, -0.2) is 4.39 Å². The predicted molar refractivity (Wildman–Crippen MR) is 66.9 cm³/mol. The fourth-order valence-corrected chi connectivity index (χ4v) is 1.66. The molecule has 2 rings (SSSR count). The van der Waals surface area contributed by atoms with E-state index in [0.29, 0.717) is 0 Å². The van der Waals surface area contributed by atoms with Gasteiger partial charge in [0.25, 0.3) is 0 Å². The second-order valence-electron chi connectivity index (χ2n) is 3.92. The van der Waals surface area contributed by atoms with Crippen molar-refractivity contribution in [1.82, 2.24) is 9.78 Å². The first-order chi connectivity index (χ1) is 9.52. The lowest BCUT2D eigenvalue weighted by molar-refractivity contribution is -0.385. The lowest BCUT2D eigenvalue weighted by Gasteiger charge is -2.07. The molecule has 104 valence electrons. The van der Waals surface area contributed by atoms with Crippen molar-refractivity contribution in [2.45, 2.75) is 6.54 Å². The summed E-state index contributed by atoms with van der Waals surface area (Å²) < 4.78 is 15.3. The quantitative estimate of drug-likeness (QED) is 0.285. The van der Waals surface area contributed by atoms with Gasteiger partial charge in [0.1, 0.15) is 18.2 Å². The number of halogens is 1. The highest BCUT2D eigenvalue weighted by atomic mass is 19.1. The molecule has 3 N–H and O–H groups in total. The number of nitrogens with zero attached hydrogens (tertiary/aromatic N) is 4. The molecule has 8 nitrogen and oxygen atoms in total. The lowest BCUT2D eigenvalue weighted by atomic mass is 10.1. The summed E-state index contributed by atoms with van der Waals surface area (Å²) in [5.41, 5.74) is 5.33. The van der Waals surface area contributed by atoms with E-state index in [0.717, 1.165) is 6.20 Å². The Balaban J connectivity index is 2.31. The van der Waals surface area contributed by atoms with E-state index in [1.54, 1.807) is 0 Å².